The first-order valence-corrected chi connectivity index (χ1v) is 10.6. The standard InChI is InChI=1S/C25H25ClN4O2/c1-16-15-22(17(2)30(16)20-9-11-21(32-4)12-10-20)25(31)28-23(24-27-13-14-29(24)3)18-5-7-19(26)8-6-18/h5-15,23H,1-4H3,(H,28,31)/t23-/m1/s1. The molecule has 0 fully saturated rings. The average Bonchev–Trinajstić information content (AvgIpc) is 3.35. The Kier molecular flexibility index (Phi) is 6.06. The molecule has 2 heterocycles. The number of carbonyl (C=O) groups excluding carboxylic acids is 1. The molecule has 0 aliphatic carbocycles. The molecule has 0 saturated heterocycles. The van der Waals surface area contributed by atoms with E-state index in [1.807, 2.05) is 86.3 Å². The highest BCUT2D eigenvalue weighted by Gasteiger charge is 2.24. The molecule has 1 amide bonds. The van der Waals surface area contributed by atoms with Gasteiger partial charge in [0.1, 0.15) is 17.6 Å². The van der Waals surface area contributed by atoms with Gasteiger partial charge in [-0.15, -0.1) is 0 Å². The highest BCUT2D eigenvalue weighted by molar-refractivity contribution is 6.30. The van der Waals surface area contributed by atoms with Crippen molar-refractivity contribution in [2.75, 3.05) is 7.11 Å². The van der Waals surface area contributed by atoms with Crippen LogP contribution in [0.15, 0.2) is 67.0 Å². The highest BCUT2D eigenvalue weighted by atomic mass is 35.5. The molecule has 7 heteroatoms. The maximum absolute atomic E-state index is 13.4. The molecule has 2 aromatic heterocycles. The lowest BCUT2D eigenvalue weighted by Gasteiger charge is -2.19. The van der Waals surface area contributed by atoms with Crippen molar-refractivity contribution in [2.24, 2.45) is 7.05 Å². The van der Waals surface area contributed by atoms with Gasteiger partial charge in [-0.1, -0.05) is 23.7 Å². The summed E-state index contributed by atoms with van der Waals surface area (Å²) in [5.74, 6) is 1.36. The Morgan fingerprint density at radius 2 is 1.78 bits per heavy atom. The Hall–Kier alpha value is -3.51. The first-order chi connectivity index (χ1) is 15.4. The van der Waals surface area contributed by atoms with Crippen LogP contribution in [0.4, 0.5) is 0 Å². The van der Waals surface area contributed by atoms with Crippen LogP contribution in [0.2, 0.25) is 5.02 Å². The van der Waals surface area contributed by atoms with Gasteiger partial charge in [0.15, 0.2) is 0 Å². The molecule has 4 aromatic rings. The number of amides is 1. The van der Waals surface area contributed by atoms with Crippen LogP contribution in [0.25, 0.3) is 5.69 Å². The molecule has 0 bridgehead atoms. The molecule has 0 unspecified atom stereocenters. The number of hydrogen-bond acceptors (Lipinski definition) is 3. The Labute approximate surface area is 192 Å². The van der Waals surface area contributed by atoms with Crippen LogP contribution in [0, 0.1) is 13.8 Å². The van der Waals surface area contributed by atoms with Crippen molar-refractivity contribution < 1.29 is 9.53 Å². The van der Waals surface area contributed by atoms with Crippen LogP contribution in [0.1, 0.15) is 39.2 Å². The van der Waals surface area contributed by atoms with Gasteiger partial charge in [-0.05, 0) is 61.9 Å². The number of aromatic nitrogens is 3. The van der Waals surface area contributed by atoms with Crippen LogP contribution < -0.4 is 10.1 Å². The molecule has 0 spiro atoms. The molecule has 1 N–H and O–H groups in total. The van der Waals surface area contributed by atoms with Gasteiger partial charge in [0.2, 0.25) is 0 Å². The van der Waals surface area contributed by atoms with Gasteiger partial charge in [-0.3, -0.25) is 4.79 Å². The van der Waals surface area contributed by atoms with E-state index in [1.54, 1.807) is 13.3 Å². The fraction of sp³-hybridized carbons (Fsp3) is 0.200. The zero-order valence-corrected chi connectivity index (χ0v) is 19.2. The second kappa shape index (κ2) is 8.93. The zero-order valence-electron chi connectivity index (χ0n) is 18.5. The van der Waals surface area contributed by atoms with Crippen LogP contribution in [-0.2, 0) is 7.05 Å². The number of nitrogens with zero attached hydrogens (tertiary/aromatic N) is 3. The van der Waals surface area contributed by atoms with Gasteiger partial charge in [0, 0.05) is 41.5 Å². The van der Waals surface area contributed by atoms with E-state index >= 15 is 0 Å². The lowest BCUT2D eigenvalue weighted by atomic mass is 10.1. The van der Waals surface area contributed by atoms with Crippen molar-refractivity contribution in [3.63, 3.8) is 0 Å². The number of carbonyl (C=O) groups is 1. The van der Waals surface area contributed by atoms with E-state index in [-0.39, 0.29) is 5.91 Å². The van der Waals surface area contributed by atoms with Crippen LogP contribution in [0.5, 0.6) is 5.75 Å². The summed E-state index contributed by atoms with van der Waals surface area (Å²) in [6, 6.07) is 16.7. The van der Waals surface area contributed by atoms with Gasteiger partial charge >= 0.3 is 0 Å². The number of halogens is 1. The molecule has 164 valence electrons. The van der Waals surface area contributed by atoms with Crippen LogP contribution in [0.3, 0.4) is 0 Å². The third-order valence-corrected chi connectivity index (χ3v) is 5.85. The summed E-state index contributed by atoms with van der Waals surface area (Å²) in [5.41, 5.74) is 4.32. The smallest absolute Gasteiger partial charge is 0.253 e. The Morgan fingerprint density at radius 3 is 2.38 bits per heavy atom. The maximum Gasteiger partial charge on any atom is 0.253 e. The van der Waals surface area contributed by atoms with Crippen LogP contribution in [-0.4, -0.2) is 27.1 Å². The summed E-state index contributed by atoms with van der Waals surface area (Å²) in [6.07, 6.45) is 3.58. The first-order valence-electron chi connectivity index (χ1n) is 10.3. The SMILES string of the molecule is COc1ccc(-n2c(C)cc(C(=O)N[C@H](c3ccc(Cl)cc3)c3nccn3C)c2C)cc1. The quantitative estimate of drug-likeness (QED) is 0.451. The number of rotatable bonds is 6. The largest absolute Gasteiger partial charge is 0.497 e. The summed E-state index contributed by atoms with van der Waals surface area (Å²) >= 11 is 6.07. The average molecular weight is 449 g/mol. The van der Waals surface area contributed by atoms with Crippen molar-refractivity contribution in [1.29, 1.82) is 0 Å². The Morgan fingerprint density at radius 1 is 1.09 bits per heavy atom. The van der Waals surface area contributed by atoms with E-state index in [2.05, 4.69) is 14.9 Å². The number of imidazole rings is 1. The van der Waals surface area contributed by atoms with Gasteiger partial charge in [0.05, 0.1) is 12.7 Å². The van der Waals surface area contributed by atoms with E-state index in [4.69, 9.17) is 16.3 Å². The monoisotopic (exact) mass is 448 g/mol. The number of ether oxygens (including phenoxy) is 1. The number of benzene rings is 2. The van der Waals surface area contributed by atoms with Gasteiger partial charge in [-0.2, -0.15) is 0 Å². The van der Waals surface area contributed by atoms with E-state index in [0.717, 1.165) is 34.2 Å². The lowest BCUT2D eigenvalue weighted by Crippen LogP contribution is -2.31. The molecule has 0 radical (unpaired) electrons. The number of aryl methyl sites for hydroxylation is 2. The van der Waals surface area contributed by atoms with Crippen molar-refractivity contribution in [1.82, 2.24) is 19.4 Å². The Bertz CT molecular complexity index is 1240. The summed E-state index contributed by atoms with van der Waals surface area (Å²) in [4.78, 5) is 17.9. The second-order valence-electron chi connectivity index (χ2n) is 7.67. The molecule has 0 saturated carbocycles. The molecule has 0 aliphatic rings. The molecular weight excluding hydrogens is 424 g/mol. The third kappa shape index (κ3) is 4.14. The number of hydrogen-bond donors (Lipinski definition) is 1. The highest BCUT2D eigenvalue weighted by Crippen LogP contribution is 2.26. The van der Waals surface area contributed by atoms with Crippen LogP contribution >= 0.6 is 11.6 Å². The number of methoxy groups -OCH3 is 1. The molecule has 2 aromatic carbocycles. The van der Waals surface area contributed by atoms with E-state index in [9.17, 15) is 4.79 Å². The van der Waals surface area contributed by atoms with Crippen molar-refractivity contribution in [3.05, 3.63) is 100 Å². The van der Waals surface area contributed by atoms with Gasteiger partial charge in [0.25, 0.3) is 5.91 Å². The topological polar surface area (TPSA) is 61.1 Å². The fourth-order valence-electron chi connectivity index (χ4n) is 3.94. The van der Waals surface area contributed by atoms with Gasteiger partial charge in [-0.25, -0.2) is 4.98 Å². The molecule has 4 rings (SSSR count). The van der Waals surface area contributed by atoms with E-state index in [0.29, 0.717) is 10.6 Å². The van der Waals surface area contributed by atoms with Crippen molar-refractivity contribution in [2.45, 2.75) is 19.9 Å². The minimum Gasteiger partial charge on any atom is -0.497 e. The van der Waals surface area contributed by atoms with Gasteiger partial charge < -0.3 is 19.2 Å². The zero-order chi connectivity index (χ0) is 22.8. The normalized spacial score (nSPS) is 11.9. The Balaban J connectivity index is 1.68. The third-order valence-electron chi connectivity index (χ3n) is 5.60. The molecule has 0 aliphatic heterocycles. The predicted molar refractivity (Wildman–Crippen MR) is 126 cm³/mol. The molecule has 6 nitrogen and oxygen atoms in total. The molecular formula is C25H25ClN4O2. The summed E-state index contributed by atoms with van der Waals surface area (Å²) < 4.78 is 9.22. The predicted octanol–water partition coefficient (Wildman–Crippen LogP) is 5.01. The maximum atomic E-state index is 13.4. The van der Waals surface area contributed by atoms with Crippen molar-refractivity contribution >= 4 is 17.5 Å². The minimum atomic E-state index is -0.413. The van der Waals surface area contributed by atoms with E-state index in [1.165, 1.54) is 0 Å². The van der Waals surface area contributed by atoms with Crippen molar-refractivity contribution in [3.8, 4) is 11.4 Å². The molecule has 1 atom stereocenters. The first kappa shape index (κ1) is 21.7. The van der Waals surface area contributed by atoms with E-state index < -0.39 is 6.04 Å². The summed E-state index contributed by atoms with van der Waals surface area (Å²) in [6.45, 7) is 3.94. The number of nitrogens with one attached hydrogen (secondary N) is 1. The fourth-order valence-corrected chi connectivity index (χ4v) is 4.06. The lowest BCUT2D eigenvalue weighted by molar-refractivity contribution is 0.0940. The summed E-state index contributed by atoms with van der Waals surface area (Å²) in [5, 5.41) is 3.81. The second-order valence-corrected chi connectivity index (χ2v) is 8.11. The molecule has 32 heavy (non-hydrogen) atoms. The summed E-state index contributed by atoms with van der Waals surface area (Å²) in [7, 11) is 3.55. The minimum absolute atomic E-state index is 0.166.